The number of carbonyl (C=O) groups excluding carboxylic acids is 2. The molecule has 0 atom stereocenters. The maximum absolute atomic E-state index is 13.8. The van der Waals surface area contributed by atoms with E-state index in [1.54, 1.807) is 6.92 Å². The predicted molar refractivity (Wildman–Crippen MR) is 142 cm³/mol. The van der Waals surface area contributed by atoms with Crippen LogP contribution in [0.15, 0.2) is 54.6 Å². The van der Waals surface area contributed by atoms with Crippen molar-refractivity contribution in [2.45, 2.75) is 51.5 Å². The van der Waals surface area contributed by atoms with E-state index in [1.165, 1.54) is 30.1 Å². The van der Waals surface area contributed by atoms with Gasteiger partial charge in [0.1, 0.15) is 29.2 Å². The Kier molecular flexibility index (Phi) is 8.39. The molecule has 0 N–H and O–H groups in total. The first kappa shape index (κ1) is 28.0. The summed E-state index contributed by atoms with van der Waals surface area (Å²) in [6.07, 6.45) is -3.86. The number of hydrogen-bond donors (Lipinski definition) is 0. The van der Waals surface area contributed by atoms with E-state index in [2.05, 4.69) is 3.07 Å². The van der Waals surface area contributed by atoms with Gasteiger partial charge in [0.15, 0.2) is 23.0 Å². The molecular weight excluding hydrogens is 616 g/mol. The van der Waals surface area contributed by atoms with Gasteiger partial charge >= 0.3 is 18.1 Å². The zero-order valence-electron chi connectivity index (χ0n) is 20.8. The molecule has 0 amide bonds. The molecule has 38 heavy (non-hydrogen) atoms. The minimum atomic E-state index is -4.73. The second-order valence-corrected chi connectivity index (χ2v) is 9.94. The molecule has 0 bridgehead atoms. The van der Waals surface area contributed by atoms with Crippen molar-refractivity contribution in [2.24, 2.45) is 5.41 Å². The maximum atomic E-state index is 13.8. The van der Waals surface area contributed by atoms with Crippen molar-refractivity contribution < 1.29 is 40.0 Å². The van der Waals surface area contributed by atoms with Crippen LogP contribution in [0.25, 0.3) is 10.8 Å². The molecule has 0 aliphatic heterocycles. The molecule has 0 saturated heterocycles. The van der Waals surface area contributed by atoms with Crippen LogP contribution < -0.4 is 9.47 Å². The number of halogens is 4. The standard InChI is InChI=1S/C28H26F3IO6/c1-27(26(34)36-16-18-8-5-7-17-6-3-4-9-20(17)18)12-10-19(11-13-27)37-24-14-21(25(33)38-32)23(35-2)15-22(24)28(29,30)31/h3-9,14-15,19H,10-13,16H2,1-2H3/t19-,27+. The molecule has 0 spiro atoms. The van der Waals surface area contributed by atoms with Crippen LogP contribution in [0, 0.1) is 5.41 Å². The molecule has 4 rings (SSSR count). The molecule has 10 heteroatoms. The first-order chi connectivity index (χ1) is 18.1. The molecule has 1 fully saturated rings. The van der Waals surface area contributed by atoms with Crippen molar-refractivity contribution in [3.8, 4) is 11.5 Å². The van der Waals surface area contributed by atoms with E-state index in [0.29, 0.717) is 25.7 Å². The van der Waals surface area contributed by atoms with Crippen molar-refractivity contribution in [1.29, 1.82) is 0 Å². The van der Waals surface area contributed by atoms with E-state index in [-0.39, 0.29) is 23.9 Å². The van der Waals surface area contributed by atoms with Crippen molar-refractivity contribution in [2.75, 3.05) is 7.11 Å². The fourth-order valence-corrected chi connectivity index (χ4v) is 4.95. The van der Waals surface area contributed by atoms with Gasteiger partial charge in [0.05, 0.1) is 18.6 Å². The summed E-state index contributed by atoms with van der Waals surface area (Å²) < 4.78 is 62.4. The number of esters is 1. The van der Waals surface area contributed by atoms with Crippen molar-refractivity contribution >= 4 is 45.7 Å². The Morgan fingerprint density at radius 3 is 2.37 bits per heavy atom. The highest BCUT2D eigenvalue weighted by Gasteiger charge is 2.41. The molecule has 3 aromatic carbocycles. The minimum Gasteiger partial charge on any atom is -0.496 e. The Balaban J connectivity index is 1.44. The summed E-state index contributed by atoms with van der Waals surface area (Å²) in [4.78, 5) is 25.1. The Morgan fingerprint density at radius 1 is 1.03 bits per heavy atom. The van der Waals surface area contributed by atoms with Crippen LogP contribution >= 0.6 is 23.0 Å². The van der Waals surface area contributed by atoms with Gasteiger partial charge in [0.2, 0.25) is 0 Å². The van der Waals surface area contributed by atoms with Gasteiger partial charge in [-0.3, -0.25) is 4.79 Å². The smallest absolute Gasteiger partial charge is 0.420 e. The van der Waals surface area contributed by atoms with E-state index >= 15 is 0 Å². The molecule has 6 nitrogen and oxygen atoms in total. The zero-order valence-corrected chi connectivity index (χ0v) is 22.9. The summed E-state index contributed by atoms with van der Waals surface area (Å²) in [6, 6.07) is 15.4. The molecule has 0 aromatic heterocycles. The highest BCUT2D eigenvalue weighted by Crippen LogP contribution is 2.43. The average Bonchev–Trinajstić information content (AvgIpc) is 2.91. The molecular formula is C28H26F3IO6. The number of rotatable bonds is 7. The zero-order chi connectivity index (χ0) is 27.5. The summed E-state index contributed by atoms with van der Waals surface area (Å²) in [5.41, 5.74) is -1.12. The van der Waals surface area contributed by atoms with Gasteiger partial charge in [-0.05, 0) is 61.1 Å². The molecule has 3 aromatic rings. The molecule has 202 valence electrons. The van der Waals surface area contributed by atoms with Crippen LogP contribution in [-0.2, 0) is 25.4 Å². The average molecular weight is 642 g/mol. The largest absolute Gasteiger partial charge is 0.496 e. The molecule has 0 unspecified atom stereocenters. The van der Waals surface area contributed by atoms with Crippen LogP contribution in [-0.4, -0.2) is 25.2 Å². The third kappa shape index (κ3) is 6.00. The SMILES string of the molecule is COc1cc(C(F)(F)F)c(O[C@H]2CC[C@@](C)(C(=O)OCc3cccc4ccccc34)CC2)cc1C(=O)OI. The Labute approximate surface area is 232 Å². The molecule has 1 aliphatic rings. The van der Waals surface area contributed by atoms with E-state index in [1.807, 2.05) is 42.5 Å². The van der Waals surface area contributed by atoms with Crippen LogP contribution in [0.5, 0.6) is 11.5 Å². The van der Waals surface area contributed by atoms with E-state index < -0.39 is 35.0 Å². The van der Waals surface area contributed by atoms with Gasteiger partial charge in [0, 0.05) is 0 Å². The third-order valence-corrected chi connectivity index (χ3v) is 7.36. The van der Waals surface area contributed by atoms with Gasteiger partial charge in [-0.15, -0.1) is 0 Å². The molecule has 0 radical (unpaired) electrons. The van der Waals surface area contributed by atoms with Crippen LogP contribution in [0.1, 0.15) is 54.1 Å². The lowest BCUT2D eigenvalue weighted by Crippen LogP contribution is -2.37. The van der Waals surface area contributed by atoms with E-state index in [4.69, 9.17) is 14.2 Å². The van der Waals surface area contributed by atoms with Gasteiger partial charge < -0.3 is 17.3 Å². The van der Waals surface area contributed by atoms with Crippen LogP contribution in [0.2, 0.25) is 0 Å². The van der Waals surface area contributed by atoms with Gasteiger partial charge in [-0.1, -0.05) is 42.5 Å². The Morgan fingerprint density at radius 2 is 1.71 bits per heavy atom. The van der Waals surface area contributed by atoms with Crippen molar-refractivity contribution in [1.82, 2.24) is 0 Å². The Hall–Kier alpha value is -3.02. The topological polar surface area (TPSA) is 71.1 Å². The van der Waals surface area contributed by atoms with Crippen molar-refractivity contribution in [3.05, 3.63) is 71.3 Å². The maximum Gasteiger partial charge on any atom is 0.420 e. The van der Waals surface area contributed by atoms with Crippen molar-refractivity contribution in [3.63, 3.8) is 0 Å². The summed E-state index contributed by atoms with van der Waals surface area (Å²) in [5.74, 6) is -1.96. The first-order valence-corrected chi connectivity index (χ1v) is 12.9. The fraction of sp³-hybridized carbons (Fsp3) is 0.357. The number of benzene rings is 3. The monoisotopic (exact) mass is 642 g/mol. The summed E-state index contributed by atoms with van der Waals surface area (Å²) in [5, 5.41) is 2.06. The quantitative estimate of drug-likeness (QED) is 0.197. The summed E-state index contributed by atoms with van der Waals surface area (Å²) >= 11 is 1.35. The number of hydrogen-bond acceptors (Lipinski definition) is 6. The summed E-state index contributed by atoms with van der Waals surface area (Å²) in [6.45, 7) is 1.93. The fourth-order valence-electron chi connectivity index (χ4n) is 4.71. The number of methoxy groups -OCH3 is 1. The van der Waals surface area contributed by atoms with Crippen LogP contribution in [0.3, 0.4) is 0 Å². The third-order valence-electron chi connectivity index (χ3n) is 6.96. The highest BCUT2D eigenvalue weighted by molar-refractivity contribution is 14.1. The highest BCUT2D eigenvalue weighted by atomic mass is 127. The number of fused-ring (bicyclic) bond motifs is 1. The van der Waals surface area contributed by atoms with Gasteiger partial charge in [0.25, 0.3) is 0 Å². The normalized spacial score (nSPS) is 19.6. The predicted octanol–water partition coefficient (Wildman–Crippen LogP) is 7.45. The first-order valence-electron chi connectivity index (χ1n) is 12.0. The van der Waals surface area contributed by atoms with Gasteiger partial charge in [-0.25, -0.2) is 4.79 Å². The molecule has 1 saturated carbocycles. The second kappa shape index (κ2) is 11.4. The number of alkyl halides is 3. The molecule has 0 heterocycles. The number of ether oxygens (including phenoxy) is 3. The lowest BCUT2D eigenvalue weighted by molar-refractivity contribution is -0.159. The lowest BCUT2D eigenvalue weighted by atomic mass is 9.74. The van der Waals surface area contributed by atoms with E-state index in [0.717, 1.165) is 28.5 Å². The molecule has 1 aliphatic carbocycles. The lowest BCUT2D eigenvalue weighted by Gasteiger charge is -2.35. The second-order valence-electron chi connectivity index (χ2n) is 9.50. The minimum absolute atomic E-state index is 0.131. The van der Waals surface area contributed by atoms with Crippen LogP contribution in [0.4, 0.5) is 13.2 Å². The summed E-state index contributed by atoms with van der Waals surface area (Å²) in [7, 11) is 1.17. The van der Waals surface area contributed by atoms with E-state index in [9.17, 15) is 22.8 Å². The number of carbonyl (C=O) groups is 2. The Bertz CT molecular complexity index is 1330. The van der Waals surface area contributed by atoms with Gasteiger partial charge in [-0.2, -0.15) is 13.2 Å².